The van der Waals surface area contributed by atoms with E-state index in [0.29, 0.717) is 27.3 Å². The highest BCUT2D eigenvalue weighted by molar-refractivity contribution is 6.32. The Hall–Kier alpha value is -2.79. The second-order valence-electron chi connectivity index (χ2n) is 6.41. The summed E-state index contributed by atoms with van der Waals surface area (Å²) in [6.45, 7) is 5.42. The van der Waals surface area contributed by atoms with E-state index in [1.807, 2.05) is 39.0 Å². The summed E-state index contributed by atoms with van der Waals surface area (Å²) in [5.74, 6) is 0.0974. The van der Waals surface area contributed by atoms with Gasteiger partial charge in [-0.1, -0.05) is 29.3 Å². The molecule has 0 saturated carbocycles. The predicted molar refractivity (Wildman–Crippen MR) is 103 cm³/mol. The molecule has 140 valence electrons. The number of benzene rings is 2. The molecular formula is C21H19ClO5. The third-order valence-corrected chi connectivity index (χ3v) is 4.58. The molecule has 0 aliphatic rings. The molecule has 5 nitrogen and oxygen atoms in total. The molecule has 0 radical (unpaired) electrons. The van der Waals surface area contributed by atoms with Gasteiger partial charge in [-0.3, -0.25) is 0 Å². The molecule has 0 atom stereocenters. The Morgan fingerprint density at radius 3 is 2.59 bits per heavy atom. The number of esters is 1. The van der Waals surface area contributed by atoms with Crippen molar-refractivity contribution in [3.05, 3.63) is 74.1 Å². The Morgan fingerprint density at radius 2 is 1.85 bits per heavy atom. The Morgan fingerprint density at radius 1 is 1.07 bits per heavy atom. The van der Waals surface area contributed by atoms with Crippen LogP contribution >= 0.6 is 11.6 Å². The molecular weight excluding hydrogens is 368 g/mol. The molecule has 0 aliphatic carbocycles. The van der Waals surface area contributed by atoms with Gasteiger partial charge in [-0.05, 0) is 50.1 Å². The summed E-state index contributed by atoms with van der Waals surface area (Å²) >= 11 is 6.16. The molecule has 0 amide bonds. The van der Waals surface area contributed by atoms with Gasteiger partial charge in [0.15, 0.2) is 6.61 Å². The molecule has 27 heavy (non-hydrogen) atoms. The van der Waals surface area contributed by atoms with E-state index in [4.69, 9.17) is 25.5 Å². The number of ether oxygens (including phenoxy) is 2. The molecule has 3 rings (SSSR count). The third-order valence-electron chi connectivity index (χ3n) is 4.17. The van der Waals surface area contributed by atoms with Gasteiger partial charge in [0.1, 0.15) is 17.9 Å². The fourth-order valence-corrected chi connectivity index (χ4v) is 2.93. The van der Waals surface area contributed by atoms with Crippen molar-refractivity contribution in [1.29, 1.82) is 0 Å². The first-order valence-corrected chi connectivity index (χ1v) is 8.80. The Balaban J connectivity index is 1.70. The lowest BCUT2D eigenvalue weighted by Crippen LogP contribution is -2.15. The number of rotatable bonds is 5. The zero-order valence-corrected chi connectivity index (χ0v) is 16.1. The first kappa shape index (κ1) is 19.0. The van der Waals surface area contributed by atoms with E-state index in [1.165, 1.54) is 6.07 Å². The van der Waals surface area contributed by atoms with Gasteiger partial charge in [0.2, 0.25) is 0 Å². The maximum absolute atomic E-state index is 12.0. The van der Waals surface area contributed by atoms with Gasteiger partial charge in [-0.2, -0.15) is 0 Å². The van der Waals surface area contributed by atoms with Crippen LogP contribution in [0.4, 0.5) is 0 Å². The van der Waals surface area contributed by atoms with Crippen LogP contribution < -0.4 is 10.4 Å². The zero-order chi connectivity index (χ0) is 19.6. The quantitative estimate of drug-likeness (QED) is 0.477. The summed E-state index contributed by atoms with van der Waals surface area (Å²) in [7, 11) is 0. The van der Waals surface area contributed by atoms with Crippen molar-refractivity contribution in [1.82, 2.24) is 0 Å². The lowest BCUT2D eigenvalue weighted by molar-refractivity contribution is -0.147. The summed E-state index contributed by atoms with van der Waals surface area (Å²) in [4.78, 5) is 23.8. The largest absolute Gasteiger partial charge is 0.482 e. The number of aryl methyl sites for hydroxylation is 3. The number of halogens is 1. The minimum atomic E-state index is -0.533. The van der Waals surface area contributed by atoms with E-state index in [0.717, 1.165) is 16.7 Å². The average Bonchev–Trinajstić information content (AvgIpc) is 2.60. The fourth-order valence-electron chi connectivity index (χ4n) is 2.77. The lowest BCUT2D eigenvalue weighted by atomic mass is 10.1. The van der Waals surface area contributed by atoms with Gasteiger partial charge in [0, 0.05) is 22.0 Å². The van der Waals surface area contributed by atoms with Crippen LogP contribution in [0.3, 0.4) is 0 Å². The van der Waals surface area contributed by atoms with Crippen molar-refractivity contribution >= 4 is 28.5 Å². The Kier molecular flexibility index (Phi) is 5.51. The van der Waals surface area contributed by atoms with Gasteiger partial charge >= 0.3 is 11.6 Å². The van der Waals surface area contributed by atoms with Crippen LogP contribution in [0.15, 0.2) is 45.6 Å². The van der Waals surface area contributed by atoms with Gasteiger partial charge < -0.3 is 13.9 Å². The van der Waals surface area contributed by atoms with Crippen molar-refractivity contribution < 1.29 is 18.7 Å². The normalized spacial score (nSPS) is 10.8. The molecule has 6 heteroatoms. The highest BCUT2D eigenvalue weighted by Gasteiger charge is 2.12. The van der Waals surface area contributed by atoms with Crippen molar-refractivity contribution in [3.8, 4) is 5.75 Å². The standard InChI is InChI=1S/C21H19ClO5/c1-12-4-5-18(14(3)6-12)25-11-21(24)26-10-15-8-20(23)27-19-7-13(2)17(22)9-16(15)19/h4-9H,10-11H2,1-3H3. The molecule has 1 heterocycles. The number of fused-ring (bicyclic) bond motifs is 1. The first-order chi connectivity index (χ1) is 12.8. The average molecular weight is 387 g/mol. The summed E-state index contributed by atoms with van der Waals surface area (Å²) in [5.41, 5.74) is 3.28. The maximum atomic E-state index is 12.0. The fraction of sp³-hybridized carbons (Fsp3) is 0.238. The van der Waals surface area contributed by atoms with Gasteiger partial charge in [0.25, 0.3) is 0 Å². The molecule has 0 spiro atoms. The number of hydrogen-bond donors (Lipinski definition) is 0. The molecule has 3 aromatic rings. The smallest absolute Gasteiger partial charge is 0.344 e. The summed E-state index contributed by atoms with van der Waals surface area (Å²) in [6.07, 6.45) is 0. The number of carbonyl (C=O) groups excluding carboxylic acids is 1. The monoisotopic (exact) mass is 386 g/mol. The topological polar surface area (TPSA) is 65.7 Å². The highest BCUT2D eigenvalue weighted by atomic mass is 35.5. The van der Waals surface area contributed by atoms with Crippen molar-refractivity contribution in [2.45, 2.75) is 27.4 Å². The molecule has 0 unspecified atom stereocenters. The lowest BCUT2D eigenvalue weighted by Gasteiger charge is -2.11. The summed E-state index contributed by atoms with van der Waals surface area (Å²) < 4.78 is 16.0. The predicted octanol–water partition coefficient (Wildman–Crippen LogP) is 4.49. The van der Waals surface area contributed by atoms with Gasteiger partial charge in [-0.15, -0.1) is 0 Å². The van der Waals surface area contributed by atoms with Crippen LogP contribution in [0, 0.1) is 20.8 Å². The third kappa shape index (κ3) is 4.49. The van der Waals surface area contributed by atoms with E-state index in [9.17, 15) is 9.59 Å². The van der Waals surface area contributed by atoms with E-state index in [-0.39, 0.29) is 13.2 Å². The zero-order valence-electron chi connectivity index (χ0n) is 15.3. The molecule has 1 aromatic heterocycles. The van der Waals surface area contributed by atoms with E-state index in [2.05, 4.69) is 0 Å². The van der Waals surface area contributed by atoms with Crippen LogP contribution in [0.5, 0.6) is 5.75 Å². The highest BCUT2D eigenvalue weighted by Crippen LogP contribution is 2.25. The first-order valence-electron chi connectivity index (χ1n) is 8.42. The Labute approximate surface area is 161 Å². The molecule has 0 aliphatic heterocycles. The van der Waals surface area contributed by atoms with Gasteiger partial charge in [0.05, 0.1) is 0 Å². The second-order valence-corrected chi connectivity index (χ2v) is 6.81. The number of carbonyl (C=O) groups is 1. The van der Waals surface area contributed by atoms with Gasteiger partial charge in [-0.25, -0.2) is 9.59 Å². The summed E-state index contributed by atoms with van der Waals surface area (Å²) in [5, 5.41) is 1.18. The Bertz CT molecular complexity index is 1070. The minimum absolute atomic E-state index is 0.0729. The number of hydrogen-bond acceptors (Lipinski definition) is 5. The van der Waals surface area contributed by atoms with Crippen molar-refractivity contribution in [3.63, 3.8) is 0 Å². The van der Waals surface area contributed by atoms with Crippen LogP contribution in [-0.4, -0.2) is 12.6 Å². The minimum Gasteiger partial charge on any atom is -0.482 e. The van der Waals surface area contributed by atoms with Crippen molar-refractivity contribution in [2.24, 2.45) is 0 Å². The van der Waals surface area contributed by atoms with Crippen LogP contribution in [0.25, 0.3) is 11.0 Å². The SMILES string of the molecule is Cc1ccc(OCC(=O)OCc2cc(=O)oc3cc(C)c(Cl)cc23)c(C)c1. The molecule has 0 saturated heterocycles. The van der Waals surface area contributed by atoms with Crippen LogP contribution in [-0.2, 0) is 16.1 Å². The van der Waals surface area contributed by atoms with E-state index >= 15 is 0 Å². The summed E-state index contributed by atoms with van der Waals surface area (Å²) in [6, 6.07) is 10.4. The molecule has 2 aromatic carbocycles. The van der Waals surface area contributed by atoms with Crippen molar-refractivity contribution in [2.75, 3.05) is 6.61 Å². The van der Waals surface area contributed by atoms with E-state index in [1.54, 1.807) is 12.1 Å². The molecule has 0 N–H and O–H groups in total. The maximum Gasteiger partial charge on any atom is 0.344 e. The second kappa shape index (κ2) is 7.84. The van der Waals surface area contributed by atoms with Crippen LogP contribution in [0.2, 0.25) is 5.02 Å². The van der Waals surface area contributed by atoms with E-state index < -0.39 is 11.6 Å². The van der Waals surface area contributed by atoms with Crippen LogP contribution in [0.1, 0.15) is 22.3 Å². The molecule has 0 bridgehead atoms. The molecule has 0 fully saturated rings.